The number of nitrogens with one attached hydrogen (secondary N) is 1. The van der Waals surface area contributed by atoms with Gasteiger partial charge in [-0.3, -0.25) is 14.9 Å². The number of hydrogen-bond donors (Lipinski definition) is 2. The van der Waals surface area contributed by atoms with Crippen LogP contribution in [0.3, 0.4) is 0 Å². The molecule has 0 aromatic heterocycles. The van der Waals surface area contributed by atoms with E-state index in [0.717, 1.165) is 0 Å². The SMILES string of the molecule is CC(C)CC(CNS(=O)(=O)Cc1ccc([N+](=O)[O-])cc1)C(=O)O. The third-order valence-electron chi connectivity index (χ3n) is 3.16. The Morgan fingerprint density at radius 1 is 1.30 bits per heavy atom. The van der Waals surface area contributed by atoms with E-state index < -0.39 is 26.8 Å². The normalized spacial score (nSPS) is 13.0. The molecule has 0 saturated carbocycles. The van der Waals surface area contributed by atoms with Crippen molar-refractivity contribution >= 4 is 21.7 Å². The molecule has 2 N–H and O–H groups in total. The molecule has 1 atom stereocenters. The Morgan fingerprint density at radius 3 is 2.30 bits per heavy atom. The van der Waals surface area contributed by atoms with Crippen molar-refractivity contribution in [3.05, 3.63) is 39.9 Å². The van der Waals surface area contributed by atoms with Crippen LogP contribution in [0.4, 0.5) is 5.69 Å². The number of nitrogens with zero attached hydrogens (tertiary/aromatic N) is 1. The summed E-state index contributed by atoms with van der Waals surface area (Å²) in [5.41, 5.74) is 0.265. The minimum absolute atomic E-state index is 0.123. The summed E-state index contributed by atoms with van der Waals surface area (Å²) in [7, 11) is -3.72. The van der Waals surface area contributed by atoms with Gasteiger partial charge in [-0.05, 0) is 17.9 Å². The van der Waals surface area contributed by atoms with E-state index >= 15 is 0 Å². The van der Waals surface area contributed by atoms with Crippen LogP contribution in [0.5, 0.6) is 0 Å². The fourth-order valence-electron chi connectivity index (χ4n) is 2.05. The van der Waals surface area contributed by atoms with Crippen LogP contribution in [0.1, 0.15) is 25.8 Å². The molecule has 1 unspecified atom stereocenters. The van der Waals surface area contributed by atoms with Gasteiger partial charge in [-0.2, -0.15) is 0 Å². The molecule has 0 radical (unpaired) electrons. The topological polar surface area (TPSA) is 127 Å². The van der Waals surface area contributed by atoms with Crippen LogP contribution in [-0.4, -0.2) is 31.0 Å². The minimum Gasteiger partial charge on any atom is -0.481 e. The molecular weight excluding hydrogens is 324 g/mol. The third-order valence-corrected chi connectivity index (χ3v) is 4.48. The summed E-state index contributed by atoms with van der Waals surface area (Å²) in [6, 6.07) is 5.17. The van der Waals surface area contributed by atoms with Crippen molar-refractivity contribution in [1.82, 2.24) is 4.72 Å². The van der Waals surface area contributed by atoms with E-state index in [4.69, 9.17) is 5.11 Å². The number of rotatable bonds is 9. The van der Waals surface area contributed by atoms with Gasteiger partial charge < -0.3 is 5.11 Å². The van der Waals surface area contributed by atoms with Crippen molar-refractivity contribution in [2.75, 3.05) is 6.54 Å². The summed E-state index contributed by atoms with van der Waals surface area (Å²) < 4.78 is 26.3. The fraction of sp³-hybridized carbons (Fsp3) is 0.500. The summed E-state index contributed by atoms with van der Waals surface area (Å²) in [5.74, 6) is -2.06. The van der Waals surface area contributed by atoms with Crippen molar-refractivity contribution in [3.63, 3.8) is 0 Å². The maximum Gasteiger partial charge on any atom is 0.307 e. The highest BCUT2D eigenvalue weighted by Crippen LogP contribution is 2.15. The van der Waals surface area contributed by atoms with Gasteiger partial charge in [0.15, 0.2) is 0 Å². The summed E-state index contributed by atoms with van der Waals surface area (Å²) in [4.78, 5) is 21.1. The molecule has 0 amide bonds. The lowest BCUT2D eigenvalue weighted by atomic mass is 9.98. The Balaban J connectivity index is 2.68. The number of aliphatic carboxylic acids is 1. The first-order chi connectivity index (χ1) is 10.6. The average Bonchev–Trinajstić information content (AvgIpc) is 2.43. The van der Waals surface area contributed by atoms with Crippen LogP contribution in [0, 0.1) is 22.0 Å². The molecule has 0 aliphatic carbocycles. The first-order valence-corrected chi connectivity index (χ1v) is 8.69. The second kappa shape index (κ2) is 8.02. The number of carbonyl (C=O) groups is 1. The third kappa shape index (κ3) is 6.74. The van der Waals surface area contributed by atoms with E-state index in [1.165, 1.54) is 24.3 Å². The monoisotopic (exact) mass is 344 g/mol. The van der Waals surface area contributed by atoms with Crippen LogP contribution in [0.2, 0.25) is 0 Å². The van der Waals surface area contributed by atoms with Crippen LogP contribution in [-0.2, 0) is 20.6 Å². The molecule has 0 fully saturated rings. The number of non-ortho nitro benzene ring substituents is 1. The van der Waals surface area contributed by atoms with Crippen LogP contribution in [0.15, 0.2) is 24.3 Å². The molecule has 0 aliphatic rings. The molecule has 0 saturated heterocycles. The Morgan fingerprint density at radius 2 is 1.87 bits per heavy atom. The van der Waals surface area contributed by atoms with E-state index in [0.29, 0.717) is 12.0 Å². The molecule has 0 aliphatic heterocycles. The quantitative estimate of drug-likeness (QED) is 0.519. The largest absolute Gasteiger partial charge is 0.481 e. The van der Waals surface area contributed by atoms with E-state index in [1.54, 1.807) is 0 Å². The van der Waals surface area contributed by atoms with Gasteiger partial charge in [0.25, 0.3) is 5.69 Å². The molecule has 1 rings (SSSR count). The number of carboxylic acid groups (broad SMARTS) is 1. The highest BCUT2D eigenvalue weighted by Gasteiger charge is 2.22. The van der Waals surface area contributed by atoms with Gasteiger partial charge in [0, 0.05) is 18.7 Å². The van der Waals surface area contributed by atoms with Crippen molar-refractivity contribution in [1.29, 1.82) is 0 Å². The van der Waals surface area contributed by atoms with Crippen LogP contribution < -0.4 is 4.72 Å². The number of nitro groups is 1. The Bertz CT molecular complexity index is 654. The number of nitro benzene ring substituents is 1. The number of carboxylic acids is 1. The average molecular weight is 344 g/mol. The predicted octanol–water partition coefficient (Wildman–Crippen LogP) is 1.76. The van der Waals surface area contributed by atoms with E-state index in [9.17, 15) is 23.3 Å². The van der Waals surface area contributed by atoms with Gasteiger partial charge in [0.1, 0.15) is 0 Å². The fourth-order valence-corrected chi connectivity index (χ4v) is 3.24. The van der Waals surface area contributed by atoms with E-state index in [1.807, 2.05) is 13.8 Å². The molecule has 1 aromatic rings. The summed E-state index contributed by atoms with van der Waals surface area (Å²) in [6.07, 6.45) is 0.370. The van der Waals surface area contributed by atoms with Gasteiger partial charge in [-0.1, -0.05) is 26.0 Å². The number of sulfonamides is 1. The predicted molar refractivity (Wildman–Crippen MR) is 84.3 cm³/mol. The maximum absolute atomic E-state index is 12.0. The Kier molecular flexibility index (Phi) is 6.64. The Labute approximate surface area is 134 Å². The zero-order valence-electron chi connectivity index (χ0n) is 12.9. The molecule has 128 valence electrons. The van der Waals surface area contributed by atoms with Crippen molar-refractivity contribution < 1.29 is 23.2 Å². The molecule has 0 bridgehead atoms. The molecule has 8 nitrogen and oxygen atoms in total. The first kappa shape index (κ1) is 19.0. The second-order valence-electron chi connectivity index (χ2n) is 5.70. The van der Waals surface area contributed by atoms with Crippen LogP contribution in [0.25, 0.3) is 0 Å². The Hall–Kier alpha value is -2.00. The first-order valence-electron chi connectivity index (χ1n) is 7.04. The summed E-state index contributed by atoms with van der Waals surface area (Å²) in [6.45, 7) is 3.55. The zero-order valence-corrected chi connectivity index (χ0v) is 13.7. The standard InChI is InChI=1S/C14H20N2O6S/c1-10(2)7-12(14(17)18)8-15-23(21,22)9-11-3-5-13(6-4-11)16(19)20/h3-6,10,12,15H,7-9H2,1-2H3,(H,17,18). The maximum atomic E-state index is 12.0. The van der Waals surface area contributed by atoms with Gasteiger partial charge >= 0.3 is 5.97 Å². The highest BCUT2D eigenvalue weighted by molar-refractivity contribution is 7.88. The van der Waals surface area contributed by atoms with E-state index in [2.05, 4.69) is 4.72 Å². The molecule has 1 aromatic carbocycles. The molecule has 23 heavy (non-hydrogen) atoms. The molecule has 9 heteroatoms. The van der Waals surface area contributed by atoms with Gasteiger partial charge in [0.2, 0.25) is 10.0 Å². The lowest BCUT2D eigenvalue weighted by molar-refractivity contribution is -0.384. The van der Waals surface area contributed by atoms with Crippen molar-refractivity contribution in [3.8, 4) is 0 Å². The lowest BCUT2D eigenvalue weighted by Gasteiger charge is -2.15. The van der Waals surface area contributed by atoms with Crippen molar-refractivity contribution in [2.24, 2.45) is 11.8 Å². The number of hydrogen-bond acceptors (Lipinski definition) is 5. The van der Waals surface area contributed by atoms with Gasteiger partial charge in [0.05, 0.1) is 16.6 Å². The highest BCUT2D eigenvalue weighted by atomic mass is 32.2. The van der Waals surface area contributed by atoms with Gasteiger partial charge in [-0.15, -0.1) is 0 Å². The minimum atomic E-state index is -3.72. The summed E-state index contributed by atoms with van der Waals surface area (Å²) in [5, 5.41) is 19.6. The van der Waals surface area contributed by atoms with Crippen molar-refractivity contribution in [2.45, 2.75) is 26.0 Å². The molecular formula is C14H20N2O6S. The number of benzene rings is 1. The second-order valence-corrected chi connectivity index (χ2v) is 7.50. The summed E-state index contributed by atoms with van der Waals surface area (Å²) >= 11 is 0. The molecule has 0 heterocycles. The van der Waals surface area contributed by atoms with E-state index in [-0.39, 0.29) is 23.9 Å². The zero-order chi connectivity index (χ0) is 17.6. The van der Waals surface area contributed by atoms with Crippen LogP contribution >= 0.6 is 0 Å². The smallest absolute Gasteiger partial charge is 0.307 e. The van der Waals surface area contributed by atoms with Gasteiger partial charge in [-0.25, -0.2) is 13.1 Å². The lowest BCUT2D eigenvalue weighted by Crippen LogP contribution is -2.34. The molecule has 0 spiro atoms.